The molecule has 1 aliphatic heterocycles. The number of para-hydroxylation sites is 1. The van der Waals surface area contributed by atoms with Crippen LogP contribution in [0.25, 0.3) is 0 Å². The van der Waals surface area contributed by atoms with E-state index in [9.17, 15) is 18.0 Å². The van der Waals surface area contributed by atoms with Crippen molar-refractivity contribution in [2.24, 2.45) is 0 Å². The van der Waals surface area contributed by atoms with E-state index in [1.807, 2.05) is 0 Å². The van der Waals surface area contributed by atoms with Gasteiger partial charge < -0.3 is 15.4 Å². The van der Waals surface area contributed by atoms with Crippen molar-refractivity contribution in [3.05, 3.63) is 24.3 Å². The van der Waals surface area contributed by atoms with Crippen LogP contribution in [-0.2, 0) is 9.53 Å². The number of carbonyl (C=O) groups is 1. The van der Waals surface area contributed by atoms with Crippen molar-refractivity contribution in [2.75, 3.05) is 30.8 Å². The summed E-state index contributed by atoms with van der Waals surface area (Å²) in [5.41, 5.74) is 0.379. The summed E-state index contributed by atoms with van der Waals surface area (Å²) in [6, 6.07) is 5.95. The number of hydrogen-bond acceptors (Lipinski definition) is 4. The molecule has 0 bridgehead atoms. The minimum absolute atomic E-state index is 0.254. The lowest BCUT2D eigenvalue weighted by atomic mass is 10.2. The Bertz CT molecular complexity index is 491. The van der Waals surface area contributed by atoms with Gasteiger partial charge in [0, 0.05) is 11.4 Å². The average Bonchev–Trinajstić information content (AvgIpc) is 2.46. The second-order valence-corrected chi connectivity index (χ2v) is 5.49. The summed E-state index contributed by atoms with van der Waals surface area (Å²) in [5, 5.41) is 5.64. The van der Waals surface area contributed by atoms with E-state index < -0.39 is 18.0 Å². The van der Waals surface area contributed by atoms with Gasteiger partial charge in [0.15, 0.2) is 0 Å². The van der Waals surface area contributed by atoms with Gasteiger partial charge in [-0.05, 0) is 12.1 Å². The Morgan fingerprint density at radius 3 is 2.86 bits per heavy atom. The van der Waals surface area contributed by atoms with Crippen molar-refractivity contribution in [1.29, 1.82) is 0 Å². The number of halogens is 3. The van der Waals surface area contributed by atoms with Crippen LogP contribution in [0.15, 0.2) is 29.2 Å². The van der Waals surface area contributed by atoms with Crippen LogP contribution in [0.5, 0.6) is 0 Å². The van der Waals surface area contributed by atoms with Gasteiger partial charge in [0.05, 0.1) is 24.7 Å². The number of nitrogens with one attached hydrogen (secondary N) is 2. The number of anilines is 1. The van der Waals surface area contributed by atoms with Crippen LogP contribution in [-0.4, -0.2) is 43.6 Å². The van der Waals surface area contributed by atoms with Crippen LogP contribution in [0.2, 0.25) is 0 Å². The van der Waals surface area contributed by atoms with Crippen LogP contribution in [0.3, 0.4) is 0 Å². The zero-order chi connectivity index (χ0) is 15.3. The van der Waals surface area contributed by atoms with E-state index in [2.05, 4.69) is 10.6 Å². The summed E-state index contributed by atoms with van der Waals surface area (Å²) in [7, 11) is 0. The molecule has 0 radical (unpaired) electrons. The third-order valence-electron chi connectivity index (χ3n) is 2.77. The van der Waals surface area contributed by atoms with Gasteiger partial charge in [-0.25, -0.2) is 0 Å². The smallest absolute Gasteiger partial charge is 0.378 e. The van der Waals surface area contributed by atoms with E-state index >= 15 is 0 Å². The first-order valence-corrected chi connectivity index (χ1v) is 7.35. The van der Waals surface area contributed by atoms with Crippen molar-refractivity contribution in [2.45, 2.75) is 17.1 Å². The van der Waals surface area contributed by atoms with Gasteiger partial charge in [-0.3, -0.25) is 4.79 Å². The standard InChI is InChI=1S/C13H15F3N2O2S/c14-13(15,16)8-21-11-4-2-1-3-9(11)18-12(19)10-7-20-6-5-17-10/h1-4,10,17H,5-8H2,(H,18,19). The zero-order valence-electron chi connectivity index (χ0n) is 11.1. The van der Waals surface area contributed by atoms with E-state index in [0.29, 0.717) is 35.5 Å². The number of morpholine rings is 1. The number of thioether (sulfide) groups is 1. The average molecular weight is 320 g/mol. The molecule has 0 aromatic heterocycles. The van der Waals surface area contributed by atoms with E-state index in [1.165, 1.54) is 0 Å². The molecule has 2 rings (SSSR count). The summed E-state index contributed by atoms with van der Waals surface area (Å²) in [4.78, 5) is 12.4. The second kappa shape index (κ2) is 7.15. The van der Waals surface area contributed by atoms with Crippen molar-refractivity contribution in [1.82, 2.24) is 5.32 Å². The van der Waals surface area contributed by atoms with Crippen LogP contribution in [0.1, 0.15) is 0 Å². The van der Waals surface area contributed by atoms with Crippen molar-refractivity contribution in [3.8, 4) is 0 Å². The Balaban J connectivity index is 2.00. The highest BCUT2D eigenvalue weighted by Gasteiger charge is 2.28. The maximum absolute atomic E-state index is 12.3. The summed E-state index contributed by atoms with van der Waals surface area (Å²) < 4.78 is 42.1. The third-order valence-corrected chi connectivity index (χ3v) is 3.91. The molecule has 0 spiro atoms. The van der Waals surface area contributed by atoms with Crippen LogP contribution < -0.4 is 10.6 Å². The largest absolute Gasteiger partial charge is 0.398 e. The number of alkyl halides is 3. The lowest BCUT2D eigenvalue weighted by molar-refractivity contribution is -0.120. The van der Waals surface area contributed by atoms with Gasteiger partial charge >= 0.3 is 6.18 Å². The Labute approximate surface area is 124 Å². The number of hydrogen-bond donors (Lipinski definition) is 2. The topological polar surface area (TPSA) is 50.4 Å². The molecule has 1 atom stereocenters. The van der Waals surface area contributed by atoms with Crippen LogP contribution in [0, 0.1) is 0 Å². The van der Waals surface area contributed by atoms with Gasteiger partial charge in [0.2, 0.25) is 5.91 Å². The predicted molar refractivity (Wildman–Crippen MR) is 74.5 cm³/mol. The van der Waals surface area contributed by atoms with Gasteiger partial charge in [-0.2, -0.15) is 13.2 Å². The molecule has 1 fully saturated rings. The molecule has 1 saturated heterocycles. The molecule has 1 aromatic rings. The first kappa shape index (κ1) is 16.1. The van der Waals surface area contributed by atoms with E-state index in [0.717, 1.165) is 0 Å². The van der Waals surface area contributed by atoms with Crippen molar-refractivity contribution in [3.63, 3.8) is 0 Å². The highest BCUT2D eigenvalue weighted by molar-refractivity contribution is 7.99. The fourth-order valence-corrected chi connectivity index (χ4v) is 2.58. The minimum atomic E-state index is -4.25. The number of carbonyl (C=O) groups excluding carboxylic acids is 1. The molecular weight excluding hydrogens is 305 g/mol. The molecule has 1 aromatic carbocycles. The third kappa shape index (κ3) is 5.22. The first-order valence-electron chi connectivity index (χ1n) is 6.36. The quantitative estimate of drug-likeness (QED) is 0.836. The van der Waals surface area contributed by atoms with Gasteiger partial charge in [0.25, 0.3) is 0 Å². The van der Waals surface area contributed by atoms with Crippen molar-refractivity contribution < 1.29 is 22.7 Å². The molecule has 8 heteroatoms. The van der Waals surface area contributed by atoms with E-state index in [-0.39, 0.29) is 12.5 Å². The Morgan fingerprint density at radius 2 is 2.19 bits per heavy atom. The SMILES string of the molecule is O=C(Nc1ccccc1SCC(F)(F)F)C1COCCN1. The highest BCUT2D eigenvalue weighted by atomic mass is 32.2. The van der Waals surface area contributed by atoms with Crippen LogP contribution >= 0.6 is 11.8 Å². The van der Waals surface area contributed by atoms with E-state index in [1.54, 1.807) is 24.3 Å². The summed E-state index contributed by atoms with van der Waals surface area (Å²) in [6.07, 6.45) is -4.25. The molecule has 0 saturated carbocycles. The molecular formula is C13H15F3N2O2S. The predicted octanol–water partition coefficient (Wildman–Crippen LogP) is 2.27. The molecule has 116 valence electrons. The first-order chi connectivity index (χ1) is 9.96. The Kier molecular flexibility index (Phi) is 5.49. The fraction of sp³-hybridized carbons (Fsp3) is 0.462. The molecule has 1 aliphatic rings. The molecule has 4 nitrogen and oxygen atoms in total. The van der Waals surface area contributed by atoms with Crippen LogP contribution in [0.4, 0.5) is 18.9 Å². The lowest BCUT2D eigenvalue weighted by Gasteiger charge is -2.23. The summed E-state index contributed by atoms with van der Waals surface area (Å²) in [6.45, 7) is 1.37. The Morgan fingerprint density at radius 1 is 1.43 bits per heavy atom. The molecule has 2 N–H and O–H groups in total. The monoisotopic (exact) mass is 320 g/mol. The molecule has 1 unspecified atom stereocenters. The van der Waals surface area contributed by atoms with Gasteiger partial charge in [-0.1, -0.05) is 12.1 Å². The molecule has 1 amide bonds. The fourth-order valence-electron chi connectivity index (χ4n) is 1.81. The number of rotatable bonds is 4. The number of amides is 1. The normalized spacial score (nSPS) is 19.3. The Hall–Kier alpha value is -1.25. The van der Waals surface area contributed by atoms with Gasteiger partial charge in [0.1, 0.15) is 6.04 Å². The minimum Gasteiger partial charge on any atom is -0.378 e. The molecule has 21 heavy (non-hydrogen) atoms. The number of ether oxygens (including phenoxy) is 1. The lowest BCUT2D eigenvalue weighted by Crippen LogP contribution is -2.48. The zero-order valence-corrected chi connectivity index (χ0v) is 11.9. The van der Waals surface area contributed by atoms with Crippen molar-refractivity contribution >= 4 is 23.4 Å². The maximum atomic E-state index is 12.3. The summed E-state index contributed by atoms with van der Waals surface area (Å²) >= 11 is 0.651. The number of benzene rings is 1. The maximum Gasteiger partial charge on any atom is 0.398 e. The highest BCUT2D eigenvalue weighted by Crippen LogP contribution is 2.32. The van der Waals surface area contributed by atoms with Gasteiger partial charge in [-0.15, -0.1) is 11.8 Å². The van der Waals surface area contributed by atoms with E-state index in [4.69, 9.17) is 4.74 Å². The molecule has 1 heterocycles. The summed E-state index contributed by atoms with van der Waals surface area (Å²) in [5.74, 6) is -1.31. The molecule has 0 aliphatic carbocycles. The second-order valence-electron chi connectivity index (χ2n) is 4.47.